The third kappa shape index (κ3) is 2.47. The summed E-state index contributed by atoms with van der Waals surface area (Å²) in [6.45, 7) is 2.09. The van der Waals surface area contributed by atoms with Gasteiger partial charge in [-0.25, -0.2) is 4.79 Å². The molecule has 0 saturated heterocycles. The number of rotatable bonds is 3. The van der Waals surface area contributed by atoms with Crippen molar-refractivity contribution in [1.82, 2.24) is 10.2 Å². The minimum atomic E-state index is -0.392. The predicted molar refractivity (Wildman–Crippen MR) is 65.0 cm³/mol. The first kappa shape index (κ1) is 11.7. The molecule has 0 bridgehead atoms. The largest absolute Gasteiger partial charge is 0.462 e. The van der Waals surface area contributed by atoms with Crippen LogP contribution in [0, 0.1) is 0 Å². The normalized spacial score (nSPS) is 10.2. The molecule has 1 aromatic carbocycles. The second kappa shape index (κ2) is 5.01. The van der Waals surface area contributed by atoms with Gasteiger partial charge in [0, 0.05) is 10.6 Å². The fourth-order valence-corrected chi connectivity index (χ4v) is 1.70. The van der Waals surface area contributed by atoms with Crippen LogP contribution < -0.4 is 0 Å². The van der Waals surface area contributed by atoms with Gasteiger partial charge in [0.25, 0.3) is 0 Å². The smallest absolute Gasteiger partial charge is 0.341 e. The van der Waals surface area contributed by atoms with Gasteiger partial charge in [-0.1, -0.05) is 23.7 Å². The second-order valence-electron chi connectivity index (χ2n) is 3.39. The van der Waals surface area contributed by atoms with Crippen LogP contribution in [0.2, 0.25) is 5.02 Å². The van der Waals surface area contributed by atoms with Crippen molar-refractivity contribution in [2.45, 2.75) is 6.92 Å². The molecule has 0 amide bonds. The number of nitrogens with zero attached hydrogens (tertiary/aromatic N) is 1. The molecule has 1 heterocycles. The van der Waals surface area contributed by atoms with Gasteiger partial charge in [-0.2, -0.15) is 5.10 Å². The maximum absolute atomic E-state index is 11.7. The highest BCUT2D eigenvalue weighted by Gasteiger charge is 2.16. The van der Waals surface area contributed by atoms with Crippen molar-refractivity contribution < 1.29 is 9.53 Å². The summed E-state index contributed by atoms with van der Waals surface area (Å²) in [5, 5.41) is 7.25. The minimum absolute atomic E-state index is 0.332. The maximum atomic E-state index is 11.7. The van der Waals surface area contributed by atoms with E-state index in [1.807, 2.05) is 12.1 Å². The zero-order valence-electron chi connectivity index (χ0n) is 9.24. The van der Waals surface area contributed by atoms with E-state index in [1.54, 1.807) is 19.1 Å². The molecular formula is C12H11ClN2O2. The monoisotopic (exact) mass is 250 g/mol. The van der Waals surface area contributed by atoms with E-state index >= 15 is 0 Å². The molecule has 1 N–H and O–H groups in total. The minimum Gasteiger partial charge on any atom is -0.462 e. The standard InChI is InChI=1S/C12H11ClN2O2/c1-2-17-12(16)10-7-14-15-11(10)8-4-3-5-9(13)6-8/h3-7H,2H2,1H3,(H,14,15). The molecule has 1 aromatic heterocycles. The Hall–Kier alpha value is -1.81. The molecule has 0 saturated carbocycles. The molecule has 0 fully saturated rings. The zero-order chi connectivity index (χ0) is 12.3. The zero-order valence-corrected chi connectivity index (χ0v) is 9.99. The van der Waals surface area contributed by atoms with Crippen LogP contribution in [0.1, 0.15) is 17.3 Å². The third-order valence-corrected chi connectivity index (χ3v) is 2.48. The van der Waals surface area contributed by atoms with Crippen LogP contribution in [-0.4, -0.2) is 22.8 Å². The maximum Gasteiger partial charge on any atom is 0.341 e. The van der Waals surface area contributed by atoms with Crippen LogP contribution in [0.4, 0.5) is 0 Å². The van der Waals surface area contributed by atoms with Gasteiger partial charge in [-0.05, 0) is 19.1 Å². The number of hydrogen-bond acceptors (Lipinski definition) is 3. The van der Waals surface area contributed by atoms with Crippen molar-refractivity contribution >= 4 is 17.6 Å². The van der Waals surface area contributed by atoms with Gasteiger partial charge in [0.05, 0.1) is 18.5 Å². The molecule has 88 valence electrons. The number of halogens is 1. The third-order valence-electron chi connectivity index (χ3n) is 2.25. The molecule has 2 aromatic rings. The Morgan fingerprint density at radius 2 is 2.35 bits per heavy atom. The van der Waals surface area contributed by atoms with Crippen LogP contribution in [-0.2, 0) is 4.74 Å². The van der Waals surface area contributed by atoms with Crippen molar-refractivity contribution in [2.75, 3.05) is 6.61 Å². The number of H-pyrrole nitrogens is 1. The Balaban J connectivity index is 2.40. The number of hydrogen-bond donors (Lipinski definition) is 1. The van der Waals surface area contributed by atoms with E-state index < -0.39 is 5.97 Å². The first-order valence-corrected chi connectivity index (χ1v) is 5.56. The van der Waals surface area contributed by atoms with E-state index in [4.69, 9.17) is 16.3 Å². The number of aromatic amines is 1. The lowest BCUT2D eigenvalue weighted by molar-refractivity contribution is 0.0527. The van der Waals surface area contributed by atoms with Gasteiger partial charge >= 0.3 is 5.97 Å². The highest BCUT2D eigenvalue weighted by Crippen LogP contribution is 2.24. The summed E-state index contributed by atoms with van der Waals surface area (Å²) in [5.41, 5.74) is 1.83. The fraction of sp³-hybridized carbons (Fsp3) is 0.167. The molecule has 0 spiro atoms. The number of carbonyl (C=O) groups is 1. The summed E-state index contributed by atoms with van der Waals surface area (Å²) in [5.74, 6) is -0.392. The first-order chi connectivity index (χ1) is 8.22. The van der Waals surface area contributed by atoms with Crippen molar-refractivity contribution in [1.29, 1.82) is 0 Å². The molecule has 0 unspecified atom stereocenters. The van der Waals surface area contributed by atoms with Gasteiger partial charge in [0.1, 0.15) is 5.56 Å². The van der Waals surface area contributed by atoms with Gasteiger partial charge in [-0.3, -0.25) is 5.10 Å². The highest BCUT2D eigenvalue weighted by atomic mass is 35.5. The second-order valence-corrected chi connectivity index (χ2v) is 3.83. The Morgan fingerprint density at radius 1 is 1.53 bits per heavy atom. The van der Waals surface area contributed by atoms with Gasteiger partial charge in [0.2, 0.25) is 0 Å². The molecule has 17 heavy (non-hydrogen) atoms. The molecule has 2 rings (SSSR count). The number of carbonyl (C=O) groups excluding carboxylic acids is 1. The van der Waals surface area contributed by atoms with Crippen LogP contribution in [0.25, 0.3) is 11.3 Å². The first-order valence-electron chi connectivity index (χ1n) is 5.18. The SMILES string of the molecule is CCOC(=O)c1cn[nH]c1-c1cccc(Cl)c1. The molecular weight excluding hydrogens is 240 g/mol. The van der Waals surface area contributed by atoms with E-state index in [9.17, 15) is 4.79 Å². The number of benzene rings is 1. The van der Waals surface area contributed by atoms with E-state index in [-0.39, 0.29) is 0 Å². The van der Waals surface area contributed by atoms with Gasteiger partial charge in [0.15, 0.2) is 0 Å². The Morgan fingerprint density at radius 3 is 3.06 bits per heavy atom. The van der Waals surface area contributed by atoms with Crippen molar-refractivity contribution in [3.8, 4) is 11.3 Å². The molecule has 4 nitrogen and oxygen atoms in total. The summed E-state index contributed by atoms with van der Waals surface area (Å²) >= 11 is 5.90. The number of esters is 1. The Bertz CT molecular complexity index is 537. The quantitative estimate of drug-likeness (QED) is 0.852. The van der Waals surface area contributed by atoms with Crippen LogP contribution in [0.15, 0.2) is 30.5 Å². The number of aromatic nitrogens is 2. The summed E-state index contributed by atoms with van der Waals surface area (Å²) < 4.78 is 4.95. The van der Waals surface area contributed by atoms with Crippen LogP contribution in [0.3, 0.4) is 0 Å². The highest BCUT2D eigenvalue weighted by molar-refractivity contribution is 6.30. The van der Waals surface area contributed by atoms with E-state index in [1.165, 1.54) is 6.20 Å². The predicted octanol–water partition coefficient (Wildman–Crippen LogP) is 2.91. The van der Waals surface area contributed by atoms with Crippen molar-refractivity contribution in [2.24, 2.45) is 0 Å². The lowest BCUT2D eigenvalue weighted by atomic mass is 10.1. The van der Waals surface area contributed by atoms with Crippen molar-refractivity contribution in [3.05, 3.63) is 41.0 Å². The lowest BCUT2D eigenvalue weighted by Crippen LogP contribution is -2.04. The van der Waals surface area contributed by atoms with Crippen LogP contribution >= 0.6 is 11.6 Å². The summed E-state index contributed by atoms with van der Waals surface area (Å²) in [7, 11) is 0. The van der Waals surface area contributed by atoms with Gasteiger partial charge < -0.3 is 4.74 Å². The van der Waals surface area contributed by atoms with Crippen LogP contribution in [0.5, 0.6) is 0 Å². The lowest BCUT2D eigenvalue weighted by Gasteiger charge is -2.03. The number of ether oxygens (including phenoxy) is 1. The van der Waals surface area contributed by atoms with E-state index in [0.29, 0.717) is 22.9 Å². The summed E-state index contributed by atoms with van der Waals surface area (Å²) in [6, 6.07) is 7.19. The number of nitrogens with one attached hydrogen (secondary N) is 1. The molecule has 0 aliphatic rings. The fourth-order valence-electron chi connectivity index (χ4n) is 1.51. The molecule has 0 aliphatic heterocycles. The Labute approximate surface area is 104 Å². The molecule has 0 atom stereocenters. The summed E-state index contributed by atoms with van der Waals surface area (Å²) in [4.78, 5) is 11.7. The molecule has 0 radical (unpaired) electrons. The van der Waals surface area contributed by atoms with E-state index in [2.05, 4.69) is 10.2 Å². The molecule has 0 aliphatic carbocycles. The average molecular weight is 251 g/mol. The topological polar surface area (TPSA) is 55.0 Å². The van der Waals surface area contributed by atoms with Gasteiger partial charge in [-0.15, -0.1) is 0 Å². The average Bonchev–Trinajstić information content (AvgIpc) is 2.78. The molecule has 5 heteroatoms. The van der Waals surface area contributed by atoms with Crippen molar-refractivity contribution in [3.63, 3.8) is 0 Å². The Kier molecular flexibility index (Phi) is 3.44. The summed E-state index contributed by atoms with van der Waals surface area (Å²) in [6.07, 6.45) is 1.45. The van der Waals surface area contributed by atoms with E-state index in [0.717, 1.165) is 5.56 Å².